The van der Waals surface area contributed by atoms with E-state index < -0.39 is 10.8 Å². The number of rotatable bonds is 7. The van der Waals surface area contributed by atoms with Crippen molar-refractivity contribution >= 4 is 17.8 Å². The van der Waals surface area contributed by atoms with Crippen LogP contribution in [0.3, 0.4) is 0 Å². The molecule has 8 nitrogen and oxygen atoms in total. The summed E-state index contributed by atoms with van der Waals surface area (Å²) in [6.07, 6.45) is 1.37. The Morgan fingerprint density at radius 3 is 2.50 bits per heavy atom. The summed E-state index contributed by atoms with van der Waals surface area (Å²) in [5, 5.41) is 14.6. The average molecular weight is 407 g/mol. The van der Waals surface area contributed by atoms with Crippen molar-refractivity contribution in [2.45, 2.75) is 20.8 Å². The van der Waals surface area contributed by atoms with Crippen LogP contribution in [0, 0.1) is 30.9 Å². The van der Waals surface area contributed by atoms with E-state index in [4.69, 9.17) is 9.15 Å². The van der Waals surface area contributed by atoms with Crippen LogP contribution < -0.4 is 10.2 Å². The summed E-state index contributed by atoms with van der Waals surface area (Å²) in [6.45, 7) is 5.71. The third kappa shape index (κ3) is 4.91. The molecule has 30 heavy (non-hydrogen) atoms. The second-order valence-corrected chi connectivity index (χ2v) is 6.74. The number of furan rings is 1. The van der Waals surface area contributed by atoms with E-state index in [9.17, 15) is 14.9 Å². The number of benzene rings is 2. The van der Waals surface area contributed by atoms with Crippen LogP contribution in [0.5, 0.6) is 5.75 Å². The van der Waals surface area contributed by atoms with Crippen molar-refractivity contribution in [3.05, 3.63) is 81.1 Å². The first-order valence-corrected chi connectivity index (χ1v) is 9.21. The average Bonchev–Trinajstić information content (AvgIpc) is 3.20. The number of carbonyl (C=O) groups is 1. The zero-order chi connectivity index (χ0) is 21.7. The van der Waals surface area contributed by atoms with Gasteiger partial charge in [0.15, 0.2) is 6.61 Å². The molecule has 8 heteroatoms. The fourth-order valence-corrected chi connectivity index (χ4v) is 2.81. The molecular weight excluding hydrogens is 386 g/mol. The Hall–Kier alpha value is -3.94. The van der Waals surface area contributed by atoms with Gasteiger partial charge in [-0.25, -0.2) is 5.43 Å². The molecule has 1 amide bonds. The topological polar surface area (TPSA) is 107 Å². The van der Waals surface area contributed by atoms with E-state index in [0.717, 1.165) is 16.7 Å². The van der Waals surface area contributed by atoms with Crippen molar-refractivity contribution < 1.29 is 18.9 Å². The van der Waals surface area contributed by atoms with Gasteiger partial charge in [-0.2, -0.15) is 5.10 Å². The Morgan fingerprint density at radius 1 is 1.10 bits per heavy atom. The number of nitro groups is 1. The fourth-order valence-electron chi connectivity index (χ4n) is 2.81. The van der Waals surface area contributed by atoms with Crippen molar-refractivity contribution in [1.82, 2.24) is 5.43 Å². The molecule has 0 fully saturated rings. The Morgan fingerprint density at radius 2 is 1.80 bits per heavy atom. The van der Waals surface area contributed by atoms with Gasteiger partial charge in [0.1, 0.15) is 17.3 Å². The highest BCUT2D eigenvalue weighted by Crippen LogP contribution is 2.26. The van der Waals surface area contributed by atoms with Gasteiger partial charge in [0.25, 0.3) is 11.6 Å². The standard InChI is InChI=1S/C22H21N3O5/c1-14-4-5-15(2)22(16(14)3)29-13-21(26)24-23-12-19-10-11-20(30-19)17-6-8-18(9-7-17)25(27)28/h4-12H,13H2,1-3H3,(H,24,26)/b23-12-. The van der Waals surface area contributed by atoms with Crippen molar-refractivity contribution in [2.24, 2.45) is 5.10 Å². The zero-order valence-corrected chi connectivity index (χ0v) is 16.8. The fraction of sp³-hybridized carbons (Fsp3) is 0.182. The van der Waals surface area contributed by atoms with Crippen LogP contribution in [0.15, 0.2) is 58.0 Å². The Labute approximate surface area is 173 Å². The minimum atomic E-state index is -0.460. The van der Waals surface area contributed by atoms with E-state index in [2.05, 4.69) is 10.5 Å². The van der Waals surface area contributed by atoms with Gasteiger partial charge in [0.05, 0.1) is 11.1 Å². The number of hydrazone groups is 1. The summed E-state index contributed by atoms with van der Waals surface area (Å²) < 4.78 is 11.3. The first kappa shape index (κ1) is 20.8. The van der Waals surface area contributed by atoms with Crippen molar-refractivity contribution in [3.8, 4) is 17.1 Å². The molecule has 0 saturated carbocycles. The highest BCUT2D eigenvalue weighted by molar-refractivity contribution is 5.81. The molecule has 0 atom stereocenters. The number of hydrogen-bond acceptors (Lipinski definition) is 6. The molecule has 1 heterocycles. The maximum absolute atomic E-state index is 12.0. The predicted molar refractivity (Wildman–Crippen MR) is 113 cm³/mol. The Bertz CT molecular complexity index is 1100. The highest BCUT2D eigenvalue weighted by atomic mass is 16.6. The van der Waals surface area contributed by atoms with Gasteiger partial charge in [-0.3, -0.25) is 14.9 Å². The number of nitro benzene ring substituents is 1. The monoisotopic (exact) mass is 407 g/mol. The van der Waals surface area contributed by atoms with Crippen LogP contribution in [-0.4, -0.2) is 23.7 Å². The van der Waals surface area contributed by atoms with Crippen LogP contribution >= 0.6 is 0 Å². The lowest BCUT2D eigenvalue weighted by molar-refractivity contribution is -0.384. The van der Waals surface area contributed by atoms with Gasteiger partial charge >= 0.3 is 0 Å². The molecule has 2 aromatic carbocycles. The van der Waals surface area contributed by atoms with E-state index in [1.807, 2.05) is 32.9 Å². The van der Waals surface area contributed by atoms with E-state index in [1.165, 1.54) is 18.3 Å². The van der Waals surface area contributed by atoms with Crippen LogP contribution in [0.2, 0.25) is 0 Å². The summed E-state index contributed by atoms with van der Waals surface area (Å²) in [7, 11) is 0. The summed E-state index contributed by atoms with van der Waals surface area (Å²) in [6, 6.07) is 13.4. The highest BCUT2D eigenvalue weighted by Gasteiger charge is 2.10. The number of amides is 1. The molecule has 3 aromatic rings. The number of aryl methyl sites for hydroxylation is 2. The van der Waals surface area contributed by atoms with Gasteiger partial charge in [-0.15, -0.1) is 0 Å². The molecule has 0 saturated heterocycles. The molecule has 0 radical (unpaired) electrons. The Kier molecular flexibility index (Phi) is 6.26. The number of nitrogens with one attached hydrogen (secondary N) is 1. The van der Waals surface area contributed by atoms with E-state index in [0.29, 0.717) is 22.8 Å². The maximum atomic E-state index is 12.0. The number of ether oxygens (including phenoxy) is 1. The second-order valence-electron chi connectivity index (χ2n) is 6.74. The van der Waals surface area contributed by atoms with Crippen LogP contribution in [-0.2, 0) is 4.79 Å². The Balaban J connectivity index is 1.55. The summed E-state index contributed by atoms with van der Waals surface area (Å²) >= 11 is 0. The zero-order valence-electron chi connectivity index (χ0n) is 16.8. The van der Waals surface area contributed by atoms with Gasteiger partial charge in [-0.1, -0.05) is 12.1 Å². The molecular formula is C22H21N3O5. The molecule has 3 rings (SSSR count). The predicted octanol–water partition coefficient (Wildman–Crippen LogP) is 4.31. The number of non-ortho nitro benzene ring substituents is 1. The van der Waals surface area contributed by atoms with Gasteiger partial charge in [0, 0.05) is 17.7 Å². The summed E-state index contributed by atoms with van der Waals surface area (Å²) in [4.78, 5) is 22.3. The van der Waals surface area contributed by atoms with Gasteiger partial charge in [0.2, 0.25) is 0 Å². The third-order valence-corrected chi connectivity index (χ3v) is 4.59. The van der Waals surface area contributed by atoms with Gasteiger partial charge in [-0.05, 0) is 61.7 Å². The van der Waals surface area contributed by atoms with Crippen LogP contribution in [0.25, 0.3) is 11.3 Å². The molecule has 0 aliphatic carbocycles. The minimum absolute atomic E-state index is 0.00748. The van der Waals surface area contributed by atoms with E-state index in [1.54, 1.807) is 24.3 Å². The number of nitrogens with zero attached hydrogens (tertiary/aromatic N) is 2. The number of carbonyl (C=O) groups excluding carboxylic acids is 1. The first-order valence-electron chi connectivity index (χ1n) is 9.21. The first-order chi connectivity index (χ1) is 14.3. The van der Waals surface area contributed by atoms with Gasteiger partial charge < -0.3 is 9.15 Å². The van der Waals surface area contributed by atoms with Crippen molar-refractivity contribution in [3.63, 3.8) is 0 Å². The normalized spacial score (nSPS) is 10.9. The number of hydrogen-bond donors (Lipinski definition) is 1. The minimum Gasteiger partial charge on any atom is -0.483 e. The van der Waals surface area contributed by atoms with E-state index >= 15 is 0 Å². The molecule has 1 N–H and O–H groups in total. The molecule has 0 spiro atoms. The lowest BCUT2D eigenvalue weighted by Gasteiger charge is -2.13. The lowest BCUT2D eigenvalue weighted by Crippen LogP contribution is -2.25. The van der Waals surface area contributed by atoms with Crippen molar-refractivity contribution in [2.75, 3.05) is 6.61 Å². The molecule has 154 valence electrons. The summed E-state index contributed by atoms with van der Waals surface area (Å²) in [5.74, 6) is 1.27. The van der Waals surface area contributed by atoms with Crippen LogP contribution in [0.4, 0.5) is 5.69 Å². The largest absolute Gasteiger partial charge is 0.483 e. The van der Waals surface area contributed by atoms with Crippen LogP contribution in [0.1, 0.15) is 22.5 Å². The smallest absolute Gasteiger partial charge is 0.277 e. The molecule has 0 bridgehead atoms. The maximum Gasteiger partial charge on any atom is 0.277 e. The SMILES string of the molecule is Cc1ccc(C)c(OCC(=O)N/N=C\c2ccc(-c3ccc([N+](=O)[O-])cc3)o2)c1C. The summed E-state index contributed by atoms with van der Waals surface area (Å²) in [5.41, 5.74) is 6.15. The van der Waals surface area contributed by atoms with Crippen molar-refractivity contribution in [1.29, 1.82) is 0 Å². The molecule has 0 aliphatic heterocycles. The second kappa shape index (κ2) is 9.04. The van der Waals surface area contributed by atoms with E-state index in [-0.39, 0.29) is 12.3 Å². The molecule has 1 aromatic heterocycles. The lowest BCUT2D eigenvalue weighted by atomic mass is 10.1. The molecule has 0 aliphatic rings. The third-order valence-electron chi connectivity index (χ3n) is 4.59. The quantitative estimate of drug-likeness (QED) is 0.357. The molecule has 0 unspecified atom stereocenters.